The summed E-state index contributed by atoms with van der Waals surface area (Å²) >= 11 is 0. The lowest BCUT2D eigenvalue weighted by atomic mass is 9.89. The minimum Gasteiger partial charge on any atom is -0.437 e. The highest BCUT2D eigenvalue weighted by Crippen LogP contribution is 2.34. The van der Waals surface area contributed by atoms with Crippen LogP contribution < -0.4 is 4.74 Å². The molecule has 1 fully saturated rings. The fraction of sp³-hybridized carbons (Fsp3) is 0.536. The number of carbonyl (C=O) groups excluding carboxylic acids is 1. The summed E-state index contributed by atoms with van der Waals surface area (Å²) in [4.78, 5) is 22.6. The van der Waals surface area contributed by atoms with Gasteiger partial charge in [-0.3, -0.25) is 4.98 Å². The third-order valence-electron chi connectivity index (χ3n) is 6.71. The molecule has 6 heteroatoms. The van der Waals surface area contributed by atoms with Gasteiger partial charge in [-0.15, -0.1) is 0 Å². The number of rotatable bonds is 7. The minimum absolute atomic E-state index is 0.183. The zero-order chi connectivity index (χ0) is 24.8. The Hall–Kier alpha value is -2.89. The Morgan fingerprint density at radius 1 is 1.12 bits per heavy atom. The predicted octanol–water partition coefficient (Wildman–Crippen LogP) is 6.88. The third-order valence-corrected chi connectivity index (χ3v) is 6.71. The molecule has 1 aliphatic rings. The van der Waals surface area contributed by atoms with Gasteiger partial charge in [0.1, 0.15) is 11.9 Å². The van der Waals surface area contributed by atoms with Gasteiger partial charge in [-0.25, -0.2) is 4.79 Å². The van der Waals surface area contributed by atoms with Crippen molar-refractivity contribution in [2.24, 2.45) is 11.1 Å². The predicted molar refractivity (Wildman–Crippen MR) is 135 cm³/mol. The average molecular weight is 467 g/mol. The smallest absolute Gasteiger partial charge is 0.437 e. The van der Waals surface area contributed by atoms with Crippen LogP contribution in [0.3, 0.4) is 0 Å². The van der Waals surface area contributed by atoms with Crippen molar-refractivity contribution in [3.63, 3.8) is 0 Å². The summed E-state index contributed by atoms with van der Waals surface area (Å²) in [7, 11) is 1.32. The maximum Gasteiger partial charge on any atom is 0.513 e. The maximum absolute atomic E-state index is 12.0. The number of methoxy groups -OCH3 is 1. The molecule has 1 heterocycles. The summed E-state index contributed by atoms with van der Waals surface area (Å²) in [5.41, 5.74) is 6.53. The number of aromatic nitrogens is 1. The van der Waals surface area contributed by atoms with Crippen LogP contribution in [-0.2, 0) is 16.0 Å². The van der Waals surface area contributed by atoms with Gasteiger partial charge in [-0.05, 0) is 69.4 Å². The van der Waals surface area contributed by atoms with E-state index in [1.807, 2.05) is 20.8 Å². The number of oxime groups is 1. The Morgan fingerprint density at radius 2 is 1.76 bits per heavy atom. The van der Waals surface area contributed by atoms with E-state index in [1.54, 1.807) is 0 Å². The van der Waals surface area contributed by atoms with E-state index in [0.29, 0.717) is 12.2 Å². The molecule has 1 aromatic heterocycles. The number of benzene rings is 1. The van der Waals surface area contributed by atoms with Crippen molar-refractivity contribution in [2.75, 3.05) is 7.11 Å². The van der Waals surface area contributed by atoms with E-state index >= 15 is 0 Å². The van der Waals surface area contributed by atoms with Gasteiger partial charge < -0.3 is 14.3 Å². The molecule has 6 nitrogen and oxygen atoms in total. The molecule has 2 aromatic rings. The molecule has 3 rings (SSSR count). The first-order valence-electron chi connectivity index (χ1n) is 12.2. The van der Waals surface area contributed by atoms with E-state index in [9.17, 15) is 4.79 Å². The topological polar surface area (TPSA) is 70.0 Å². The van der Waals surface area contributed by atoms with E-state index in [-0.39, 0.29) is 12.0 Å². The molecular weight excluding hydrogens is 428 g/mol. The Morgan fingerprint density at radius 3 is 2.35 bits per heavy atom. The zero-order valence-corrected chi connectivity index (χ0v) is 21.6. The molecule has 1 aliphatic carbocycles. The fourth-order valence-corrected chi connectivity index (χ4v) is 4.36. The second kappa shape index (κ2) is 11.5. The number of aryl methyl sites for hydroxylation is 1. The largest absolute Gasteiger partial charge is 0.513 e. The van der Waals surface area contributed by atoms with Gasteiger partial charge in [0.15, 0.2) is 0 Å². The van der Waals surface area contributed by atoms with Crippen LogP contribution in [0.5, 0.6) is 5.75 Å². The molecule has 0 spiro atoms. The standard InChI is InChI=1S/C28H38N2O4/c1-17(2)26-25(27(33-28(31)32-7)19(4)20(5)29-26)16-22-10-12-23(13-11-22)21(6)30-34-24-14-8-18(3)9-15-24/h10-13,17-18,24H,8-9,14-16H2,1-7H3. The zero-order valence-electron chi connectivity index (χ0n) is 21.6. The first-order valence-corrected chi connectivity index (χ1v) is 12.2. The summed E-state index contributed by atoms with van der Waals surface area (Å²) < 4.78 is 10.4. The van der Waals surface area contributed by atoms with Crippen molar-refractivity contribution in [3.05, 3.63) is 57.9 Å². The lowest BCUT2D eigenvalue weighted by Crippen LogP contribution is -2.19. The van der Waals surface area contributed by atoms with Gasteiger partial charge in [0.05, 0.1) is 18.5 Å². The Kier molecular flexibility index (Phi) is 8.70. The van der Waals surface area contributed by atoms with Crippen LogP contribution in [0, 0.1) is 19.8 Å². The van der Waals surface area contributed by atoms with Crippen LogP contribution in [0.4, 0.5) is 4.79 Å². The summed E-state index contributed by atoms with van der Waals surface area (Å²) in [5, 5.41) is 4.41. The average Bonchev–Trinajstić information content (AvgIpc) is 2.83. The highest BCUT2D eigenvalue weighted by molar-refractivity contribution is 5.98. The van der Waals surface area contributed by atoms with Crippen molar-refractivity contribution in [2.45, 2.75) is 85.7 Å². The number of pyridine rings is 1. The molecule has 0 aliphatic heterocycles. The molecule has 0 N–H and O–H groups in total. The monoisotopic (exact) mass is 466 g/mol. The van der Waals surface area contributed by atoms with Crippen molar-refractivity contribution < 1.29 is 19.1 Å². The van der Waals surface area contributed by atoms with Gasteiger partial charge in [-0.1, -0.05) is 50.2 Å². The first-order chi connectivity index (χ1) is 16.2. The molecule has 0 bridgehead atoms. The van der Waals surface area contributed by atoms with Crippen LogP contribution in [0.25, 0.3) is 0 Å². The lowest BCUT2D eigenvalue weighted by Gasteiger charge is -2.24. The Bertz CT molecular complexity index is 1020. The number of hydrogen-bond acceptors (Lipinski definition) is 6. The number of nitrogens with zero attached hydrogens (tertiary/aromatic N) is 2. The van der Waals surface area contributed by atoms with Crippen molar-refractivity contribution >= 4 is 11.9 Å². The van der Waals surface area contributed by atoms with Crippen LogP contribution in [0.2, 0.25) is 0 Å². The highest BCUT2D eigenvalue weighted by Gasteiger charge is 2.22. The van der Waals surface area contributed by atoms with Crippen molar-refractivity contribution in [1.29, 1.82) is 0 Å². The lowest BCUT2D eigenvalue weighted by molar-refractivity contribution is 0.0239. The molecule has 34 heavy (non-hydrogen) atoms. The second-order valence-electron chi connectivity index (χ2n) is 9.76. The molecular formula is C28H38N2O4. The van der Waals surface area contributed by atoms with Gasteiger partial charge >= 0.3 is 6.16 Å². The molecule has 0 saturated heterocycles. The first kappa shape index (κ1) is 25.7. The molecule has 184 valence electrons. The van der Waals surface area contributed by atoms with Crippen LogP contribution in [0.1, 0.15) is 92.9 Å². The maximum atomic E-state index is 12.0. The van der Waals surface area contributed by atoms with E-state index in [2.05, 4.69) is 50.2 Å². The summed E-state index contributed by atoms with van der Waals surface area (Å²) in [6, 6.07) is 8.28. The van der Waals surface area contributed by atoms with Crippen LogP contribution in [0.15, 0.2) is 29.4 Å². The molecule has 0 radical (unpaired) electrons. The summed E-state index contributed by atoms with van der Waals surface area (Å²) in [6.45, 7) is 12.3. The highest BCUT2D eigenvalue weighted by atomic mass is 16.7. The van der Waals surface area contributed by atoms with Gasteiger partial charge in [-0.2, -0.15) is 0 Å². The van der Waals surface area contributed by atoms with Crippen molar-refractivity contribution in [1.82, 2.24) is 4.98 Å². The van der Waals surface area contributed by atoms with Gasteiger partial charge in [0, 0.05) is 23.2 Å². The second-order valence-corrected chi connectivity index (χ2v) is 9.76. The van der Waals surface area contributed by atoms with Gasteiger partial charge in [0.2, 0.25) is 0 Å². The molecule has 0 unspecified atom stereocenters. The SMILES string of the molecule is COC(=O)Oc1c(C)c(C)nc(C(C)C)c1Cc1ccc(C(C)=NOC2CCC(C)CC2)cc1. The molecule has 1 aromatic carbocycles. The van der Waals surface area contributed by atoms with E-state index in [0.717, 1.165) is 58.1 Å². The Balaban J connectivity index is 1.81. The van der Waals surface area contributed by atoms with Crippen molar-refractivity contribution in [3.8, 4) is 5.75 Å². The van der Waals surface area contributed by atoms with E-state index in [4.69, 9.17) is 19.3 Å². The third kappa shape index (κ3) is 6.37. The number of ether oxygens (including phenoxy) is 2. The minimum atomic E-state index is -0.723. The van der Waals surface area contributed by atoms with E-state index < -0.39 is 6.16 Å². The quantitative estimate of drug-likeness (QED) is 0.253. The molecule has 1 saturated carbocycles. The van der Waals surface area contributed by atoms with Crippen LogP contribution >= 0.6 is 0 Å². The summed E-state index contributed by atoms with van der Waals surface area (Å²) in [6.07, 6.45) is 4.68. The number of carbonyl (C=O) groups is 1. The molecule has 0 atom stereocenters. The normalized spacial score (nSPS) is 18.6. The fourth-order valence-electron chi connectivity index (χ4n) is 4.36. The summed E-state index contributed by atoms with van der Waals surface area (Å²) in [5.74, 6) is 1.52. The number of hydrogen-bond donors (Lipinski definition) is 0. The van der Waals surface area contributed by atoms with E-state index in [1.165, 1.54) is 20.0 Å². The molecule has 0 amide bonds. The van der Waals surface area contributed by atoms with Crippen LogP contribution in [-0.4, -0.2) is 30.1 Å². The van der Waals surface area contributed by atoms with Gasteiger partial charge in [0.25, 0.3) is 0 Å². The Labute approximate surface area is 203 Å².